The highest BCUT2D eigenvalue weighted by molar-refractivity contribution is 7.91. The van der Waals surface area contributed by atoms with Crippen LogP contribution in [0.5, 0.6) is 0 Å². The molecule has 0 N–H and O–H groups in total. The first kappa shape index (κ1) is 15.1. The van der Waals surface area contributed by atoms with Crippen LogP contribution < -0.4 is 0 Å². The molecule has 1 atom stereocenters. The number of carbonyl (C=O) groups excluding carboxylic acids is 1. The Bertz CT molecular complexity index is 417. The summed E-state index contributed by atoms with van der Waals surface area (Å²) in [6.45, 7) is 1.85. The number of likely N-dealkylation sites (tertiary alicyclic amines) is 1. The number of hydrogen-bond donors (Lipinski definition) is 0. The second-order valence-corrected chi connectivity index (χ2v) is 7.79. The molecule has 5 nitrogen and oxygen atoms in total. The fourth-order valence-corrected chi connectivity index (χ4v) is 4.52. The lowest BCUT2D eigenvalue weighted by atomic mass is 10.0. The maximum Gasteiger partial charge on any atom is 0.226 e. The van der Waals surface area contributed by atoms with Crippen molar-refractivity contribution in [3.8, 4) is 0 Å². The lowest BCUT2D eigenvalue weighted by Crippen LogP contribution is -2.44. The Balaban J connectivity index is 1.80. The molecule has 0 aromatic carbocycles. The van der Waals surface area contributed by atoms with Crippen LogP contribution in [-0.4, -0.2) is 62.4 Å². The van der Waals surface area contributed by atoms with Crippen LogP contribution in [0.1, 0.15) is 19.3 Å². The van der Waals surface area contributed by atoms with Crippen LogP contribution >= 0.6 is 11.6 Å². The maximum absolute atomic E-state index is 12.2. The van der Waals surface area contributed by atoms with E-state index in [0.29, 0.717) is 32.0 Å². The third kappa shape index (κ3) is 4.07. The van der Waals surface area contributed by atoms with Crippen LogP contribution in [0.4, 0.5) is 0 Å². The van der Waals surface area contributed by atoms with Gasteiger partial charge in [0, 0.05) is 19.0 Å². The second-order valence-electron chi connectivity index (χ2n) is 5.18. The Kier molecular flexibility index (Phi) is 5.09. The summed E-state index contributed by atoms with van der Waals surface area (Å²) < 4.78 is 28.3. The van der Waals surface area contributed by atoms with Crippen LogP contribution in [0.25, 0.3) is 0 Å². The van der Waals surface area contributed by atoms with E-state index in [0.717, 1.165) is 12.8 Å². The molecule has 7 heteroatoms. The molecule has 110 valence electrons. The number of hydrogen-bond acceptors (Lipinski definition) is 4. The Hall–Kier alpha value is -0.330. The van der Waals surface area contributed by atoms with Crippen LogP contribution in [-0.2, 0) is 19.4 Å². The first-order valence-corrected chi connectivity index (χ1v) is 9.04. The van der Waals surface area contributed by atoms with Gasteiger partial charge in [0.15, 0.2) is 9.84 Å². The number of carbonyl (C=O) groups is 1. The summed E-state index contributed by atoms with van der Waals surface area (Å²) in [5, 5.41) is 0. The van der Waals surface area contributed by atoms with Crippen LogP contribution in [0.3, 0.4) is 0 Å². The van der Waals surface area contributed by atoms with E-state index in [4.69, 9.17) is 16.3 Å². The predicted molar refractivity (Wildman–Crippen MR) is 73.0 cm³/mol. The molecule has 0 spiro atoms. The first-order chi connectivity index (χ1) is 9.02. The summed E-state index contributed by atoms with van der Waals surface area (Å²) in [6, 6.07) is 0. The Morgan fingerprint density at radius 3 is 2.47 bits per heavy atom. The van der Waals surface area contributed by atoms with Crippen molar-refractivity contribution in [2.45, 2.75) is 25.4 Å². The highest BCUT2D eigenvalue weighted by Crippen LogP contribution is 2.23. The van der Waals surface area contributed by atoms with Crippen molar-refractivity contribution in [3.63, 3.8) is 0 Å². The minimum Gasteiger partial charge on any atom is -0.377 e. The highest BCUT2D eigenvalue weighted by Gasteiger charge is 2.36. The molecule has 0 bridgehead atoms. The molecule has 0 aromatic heterocycles. The molecule has 2 rings (SSSR count). The quantitative estimate of drug-likeness (QED) is 0.716. The number of nitrogens with zero attached hydrogens (tertiary/aromatic N) is 1. The van der Waals surface area contributed by atoms with Crippen molar-refractivity contribution in [2.24, 2.45) is 5.92 Å². The number of amides is 1. The molecule has 2 aliphatic heterocycles. The van der Waals surface area contributed by atoms with Gasteiger partial charge in [-0.3, -0.25) is 4.79 Å². The third-order valence-electron chi connectivity index (χ3n) is 3.77. The van der Waals surface area contributed by atoms with Gasteiger partial charge in [-0.1, -0.05) is 0 Å². The summed E-state index contributed by atoms with van der Waals surface area (Å²) >= 11 is 5.57. The van der Waals surface area contributed by atoms with E-state index in [1.54, 1.807) is 4.90 Å². The van der Waals surface area contributed by atoms with Crippen molar-refractivity contribution in [2.75, 3.05) is 37.1 Å². The lowest BCUT2D eigenvalue weighted by Gasteiger charge is -2.33. The number of piperidine rings is 1. The lowest BCUT2D eigenvalue weighted by molar-refractivity contribution is -0.137. The molecule has 2 aliphatic rings. The van der Waals surface area contributed by atoms with Gasteiger partial charge < -0.3 is 9.64 Å². The van der Waals surface area contributed by atoms with Gasteiger partial charge in [0.25, 0.3) is 0 Å². The molecule has 1 unspecified atom stereocenters. The van der Waals surface area contributed by atoms with Gasteiger partial charge in [0.1, 0.15) is 0 Å². The number of halogens is 1. The van der Waals surface area contributed by atoms with E-state index in [1.165, 1.54) is 0 Å². The SMILES string of the molecule is O=C(C1CCS(=O)(=O)C1)N1CCC(OCCCl)CC1. The monoisotopic (exact) mass is 309 g/mol. The van der Waals surface area contributed by atoms with Gasteiger partial charge in [-0.05, 0) is 19.3 Å². The summed E-state index contributed by atoms with van der Waals surface area (Å²) in [6.07, 6.45) is 2.27. The molecule has 2 heterocycles. The zero-order valence-corrected chi connectivity index (χ0v) is 12.5. The Morgan fingerprint density at radius 2 is 1.95 bits per heavy atom. The fraction of sp³-hybridized carbons (Fsp3) is 0.917. The van der Waals surface area contributed by atoms with Crippen LogP contribution in [0.15, 0.2) is 0 Å². The minimum atomic E-state index is -2.99. The van der Waals surface area contributed by atoms with Gasteiger partial charge in [0.05, 0.1) is 30.1 Å². The van der Waals surface area contributed by atoms with Gasteiger partial charge in [0.2, 0.25) is 5.91 Å². The van der Waals surface area contributed by atoms with E-state index in [-0.39, 0.29) is 29.4 Å². The Labute approximate surface area is 119 Å². The van der Waals surface area contributed by atoms with Gasteiger partial charge >= 0.3 is 0 Å². The predicted octanol–water partition coefficient (Wildman–Crippen LogP) is 0.668. The molecular weight excluding hydrogens is 290 g/mol. The topological polar surface area (TPSA) is 63.7 Å². The fourth-order valence-electron chi connectivity index (χ4n) is 2.70. The van der Waals surface area contributed by atoms with Crippen molar-refractivity contribution in [1.82, 2.24) is 4.90 Å². The second kappa shape index (κ2) is 6.41. The first-order valence-electron chi connectivity index (χ1n) is 6.68. The van der Waals surface area contributed by atoms with E-state index >= 15 is 0 Å². The van der Waals surface area contributed by atoms with Gasteiger partial charge in [-0.25, -0.2) is 8.42 Å². The molecule has 0 aliphatic carbocycles. The van der Waals surface area contributed by atoms with Crippen molar-refractivity contribution >= 4 is 27.3 Å². The molecule has 0 aromatic rings. The molecule has 1 amide bonds. The summed E-state index contributed by atoms with van der Waals surface area (Å²) in [5.41, 5.74) is 0. The Morgan fingerprint density at radius 1 is 1.26 bits per heavy atom. The molecule has 0 saturated carbocycles. The summed E-state index contributed by atoms with van der Waals surface area (Å²) in [4.78, 5) is 14.0. The van der Waals surface area contributed by atoms with Gasteiger partial charge in [-0.15, -0.1) is 11.6 Å². The smallest absolute Gasteiger partial charge is 0.226 e. The van der Waals surface area contributed by atoms with E-state index in [1.807, 2.05) is 0 Å². The molecule has 19 heavy (non-hydrogen) atoms. The van der Waals surface area contributed by atoms with Crippen LogP contribution in [0, 0.1) is 5.92 Å². The molecule has 2 fully saturated rings. The van der Waals surface area contributed by atoms with Crippen molar-refractivity contribution in [3.05, 3.63) is 0 Å². The third-order valence-corrected chi connectivity index (χ3v) is 5.69. The number of alkyl halides is 1. The normalized spacial score (nSPS) is 27.6. The molecule has 0 radical (unpaired) electrons. The van der Waals surface area contributed by atoms with Gasteiger partial charge in [-0.2, -0.15) is 0 Å². The van der Waals surface area contributed by atoms with E-state index < -0.39 is 9.84 Å². The standard InChI is InChI=1S/C12H20ClNO4S/c13-4-7-18-11-1-5-14(6-2-11)12(15)10-3-8-19(16,17)9-10/h10-11H,1-9H2. The van der Waals surface area contributed by atoms with Crippen molar-refractivity contribution in [1.29, 1.82) is 0 Å². The average molecular weight is 310 g/mol. The molecule has 2 saturated heterocycles. The zero-order chi connectivity index (χ0) is 13.9. The molecular formula is C12H20ClNO4S. The number of sulfone groups is 1. The number of rotatable bonds is 4. The minimum absolute atomic E-state index is 0.00290. The zero-order valence-electron chi connectivity index (χ0n) is 10.9. The summed E-state index contributed by atoms with van der Waals surface area (Å²) in [5.74, 6) is 0.328. The summed E-state index contributed by atoms with van der Waals surface area (Å²) in [7, 11) is -2.99. The van der Waals surface area contributed by atoms with E-state index in [9.17, 15) is 13.2 Å². The van der Waals surface area contributed by atoms with Crippen molar-refractivity contribution < 1.29 is 17.9 Å². The van der Waals surface area contributed by atoms with Crippen LogP contribution in [0.2, 0.25) is 0 Å². The highest BCUT2D eigenvalue weighted by atomic mass is 35.5. The maximum atomic E-state index is 12.2. The average Bonchev–Trinajstić information content (AvgIpc) is 2.76. The number of ether oxygens (including phenoxy) is 1. The largest absolute Gasteiger partial charge is 0.377 e. The van der Waals surface area contributed by atoms with E-state index in [2.05, 4.69) is 0 Å².